The van der Waals surface area contributed by atoms with Crippen LogP contribution in [0.1, 0.15) is 53.4 Å². The second kappa shape index (κ2) is 9.27. The van der Waals surface area contributed by atoms with Crippen LogP contribution in [0, 0.1) is 23.2 Å². The number of fused-ring (bicyclic) bond motifs is 1. The molecule has 0 aromatic rings. The highest BCUT2D eigenvalue weighted by Gasteiger charge is 2.50. The van der Waals surface area contributed by atoms with Crippen LogP contribution in [0.5, 0.6) is 0 Å². The molecular weight excluding hydrogens is 352 g/mol. The Hall–Kier alpha value is -0.910. The molecule has 28 heavy (non-hydrogen) atoms. The fourth-order valence-corrected chi connectivity index (χ4v) is 5.46. The van der Waals surface area contributed by atoms with Crippen LogP contribution in [0.4, 0.5) is 0 Å². The zero-order chi connectivity index (χ0) is 20.3. The molecule has 2 fully saturated rings. The Kier molecular flexibility index (Phi) is 7.21. The Bertz CT molecular complexity index is 562. The highest BCUT2D eigenvalue weighted by molar-refractivity contribution is 5.78. The van der Waals surface area contributed by atoms with E-state index < -0.39 is 6.10 Å². The number of ether oxygens (including phenoxy) is 1. The fraction of sp³-hybridized carbons (Fsp3) is 0.870. The Labute approximate surface area is 171 Å². The minimum atomic E-state index is -0.457. The highest BCUT2D eigenvalue weighted by atomic mass is 16.5. The van der Waals surface area contributed by atoms with Gasteiger partial charge in [0.1, 0.15) is 0 Å². The monoisotopic (exact) mass is 392 g/mol. The van der Waals surface area contributed by atoms with Gasteiger partial charge < -0.3 is 19.6 Å². The van der Waals surface area contributed by atoms with Crippen molar-refractivity contribution >= 4 is 5.91 Å². The van der Waals surface area contributed by atoms with Crippen molar-refractivity contribution in [2.75, 3.05) is 45.9 Å². The number of likely N-dealkylation sites (tertiary alicyclic amines) is 1. The van der Waals surface area contributed by atoms with Crippen LogP contribution in [0.3, 0.4) is 0 Å². The van der Waals surface area contributed by atoms with E-state index in [0.29, 0.717) is 37.0 Å². The normalized spacial score (nSPS) is 28.4. The number of amides is 1. The summed E-state index contributed by atoms with van der Waals surface area (Å²) >= 11 is 0. The number of nitrogens with zero attached hydrogens (tertiary/aromatic N) is 2. The SMILES string of the molecule is CCN(CC)C(=O)C1CCN(CC(O)COCC2=CCC3CC2C3(C)C)CC1. The number of allylic oxidation sites excluding steroid dienone is 1. The molecule has 0 spiro atoms. The Morgan fingerprint density at radius 2 is 2.00 bits per heavy atom. The van der Waals surface area contributed by atoms with E-state index in [2.05, 4.69) is 24.8 Å². The summed E-state index contributed by atoms with van der Waals surface area (Å²) in [5.41, 5.74) is 1.87. The standard InChI is InChI=1S/C23H40N2O3/c1-5-25(6-2)22(27)17-9-11-24(12-10-17)14-20(26)16-28-15-18-7-8-19-13-21(18)23(19,3)4/h7,17,19-21,26H,5-6,8-16H2,1-4H3. The number of carbonyl (C=O) groups is 1. The summed E-state index contributed by atoms with van der Waals surface area (Å²) < 4.78 is 5.88. The van der Waals surface area contributed by atoms with E-state index in [0.717, 1.165) is 44.9 Å². The highest BCUT2D eigenvalue weighted by Crippen LogP contribution is 2.59. The molecule has 3 aliphatic carbocycles. The average molecular weight is 393 g/mol. The first kappa shape index (κ1) is 21.8. The maximum Gasteiger partial charge on any atom is 0.225 e. The molecule has 1 saturated carbocycles. The third-order valence-electron chi connectivity index (χ3n) is 7.64. The van der Waals surface area contributed by atoms with E-state index in [1.165, 1.54) is 18.4 Å². The number of rotatable bonds is 9. The quantitative estimate of drug-likeness (QED) is 0.613. The number of aliphatic hydroxyl groups is 1. The molecule has 1 N–H and O–H groups in total. The van der Waals surface area contributed by atoms with Gasteiger partial charge in [-0.05, 0) is 75.4 Å². The van der Waals surface area contributed by atoms with Crippen LogP contribution >= 0.6 is 0 Å². The van der Waals surface area contributed by atoms with Gasteiger partial charge >= 0.3 is 0 Å². The minimum Gasteiger partial charge on any atom is -0.389 e. The van der Waals surface area contributed by atoms with Crippen molar-refractivity contribution in [3.8, 4) is 0 Å². The first-order valence-electron chi connectivity index (χ1n) is 11.3. The largest absolute Gasteiger partial charge is 0.389 e. The predicted molar refractivity (Wildman–Crippen MR) is 112 cm³/mol. The molecule has 1 heterocycles. The molecule has 0 aromatic heterocycles. The third kappa shape index (κ3) is 4.63. The van der Waals surface area contributed by atoms with E-state index in [-0.39, 0.29) is 5.92 Å². The molecule has 3 unspecified atom stereocenters. The first-order valence-corrected chi connectivity index (χ1v) is 11.3. The number of piperidine rings is 1. The van der Waals surface area contributed by atoms with E-state index in [9.17, 15) is 9.90 Å². The predicted octanol–water partition coefficient (Wildman–Crippen LogP) is 2.94. The van der Waals surface area contributed by atoms with Crippen molar-refractivity contribution < 1.29 is 14.6 Å². The summed E-state index contributed by atoms with van der Waals surface area (Å²) in [5.74, 6) is 1.97. The van der Waals surface area contributed by atoms with Crippen LogP contribution in [-0.4, -0.2) is 72.9 Å². The van der Waals surface area contributed by atoms with Gasteiger partial charge in [-0.2, -0.15) is 0 Å². The molecule has 1 amide bonds. The third-order valence-corrected chi connectivity index (χ3v) is 7.64. The lowest BCUT2D eigenvalue weighted by Gasteiger charge is -2.56. The molecule has 0 radical (unpaired) electrons. The second-order valence-electron chi connectivity index (χ2n) is 9.58. The van der Waals surface area contributed by atoms with E-state index in [4.69, 9.17) is 4.74 Å². The molecule has 1 saturated heterocycles. The van der Waals surface area contributed by atoms with Crippen LogP contribution in [0.25, 0.3) is 0 Å². The Morgan fingerprint density at radius 3 is 2.57 bits per heavy atom. The van der Waals surface area contributed by atoms with Gasteiger partial charge in [-0.15, -0.1) is 0 Å². The van der Waals surface area contributed by atoms with Crippen LogP contribution in [0.15, 0.2) is 11.6 Å². The average Bonchev–Trinajstić information content (AvgIpc) is 2.69. The summed E-state index contributed by atoms with van der Waals surface area (Å²) in [7, 11) is 0. The number of hydrogen-bond acceptors (Lipinski definition) is 4. The fourth-order valence-electron chi connectivity index (χ4n) is 5.46. The number of hydrogen-bond donors (Lipinski definition) is 1. The van der Waals surface area contributed by atoms with Crippen molar-refractivity contribution in [2.24, 2.45) is 23.2 Å². The van der Waals surface area contributed by atoms with Crippen molar-refractivity contribution in [3.05, 3.63) is 11.6 Å². The van der Waals surface area contributed by atoms with Crippen molar-refractivity contribution in [2.45, 2.75) is 59.5 Å². The maximum atomic E-state index is 12.5. The van der Waals surface area contributed by atoms with Crippen molar-refractivity contribution in [1.29, 1.82) is 0 Å². The van der Waals surface area contributed by atoms with Crippen LogP contribution in [0.2, 0.25) is 0 Å². The van der Waals surface area contributed by atoms with Gasteiger partial charge in [-0.3, -0.25) is 4.79 Å². The molecule has 2 bridgehead atoms. The number of aliphatic hydroxyl groups excluding tert-OH is 1. The number of β-amino-alcohol motifs (C(OH)–C–C–N with tert-alkyl or cyclic N) is 1. The molecule has 4 aliphatic rings. The van der Waals surface area contributed by atoms with Gasteiger partial charge in [0.15, 0.2) is 0 Å². The summed E-state index contributed by atoms with van der Waals surface area (Å²) in [6.45, 7) is 13.9. The minimum absolute atomic E-state index is 0.150. The summed E-state index contributed by atoms with van der Waals surface area (Å²) in [5, 5.41) is 10.4. The zero-order valence-electron chi connectivity index (χ0n) is 18.3. The lowest BCUT2D eigenvalue weighted by Crippen LogP contribution is -2.48. The summed E-state index contributed by atoms with van der Waals surface area (Å²) in [4.78, 5) is 16.7. The molecule has 5 nitrogen and oxygen atoms in total. The molecule has 160 valence electrons. The maximum absolute atomic E-state index is 12.5. The van der Waals surface area contributed by atoms with Gasteiger partial charge in [0.25, 0.3) is 0 Å². The van der Waals surface area contributed by atoms with E-state index >= 15 is 0 Å². The van der Waals surface area contributed by atoms with Gasteiger partial charge in [0.2, 0.25) is 5.91 Å². The zero-order valence-corrected chi connectivity index (χ0v) is 18.3. The van der Waals surface area contributed by atoms with Gasteiger partial charge in [-0.1, -0.05) is 19.9 Å². The molecule has 4 rings (SSSR count). The summed E-state index contributed by atoms with van der Waals surface area (Å²) in [6.07, 6.45) is 6.20. The molecule has 0 aromatic carbocycles. The lowest BCUT2D eigenvalue weighted by atomic mass is 9.49. The van der Waals surface area contributed by atoms with E-state index in [1.807, 2.05) is 18.7 Å². The molecule has 1 aliphatic heterocycles. The summed E-state index contributed by atoms with van der Waals surface area (Å²) in [6, 6.07) is 0. The number of carbonyl (C=O) groups excluding carboxylic acids is 1. The molecule has 3 atom stereocenters. The van der Waals surface area contributed by atoms with E-state index in [1.54, 1.807) is 0 Å². The Balaban J connectivity index is 1.33. The molecular formula is C23H40N2O3. The topological polar surface area (TPSA) is 53.0 Å². The van der Waals surface area contributed by atoms with Crippen molar-refractivity contribution in [1.82, 2.24) is 9.80 Å². The van der Waals surface area contributed by atoms with Crippen LogP contribution < -0.4 is 0 Å². The van der Waals surface area contributed by atoms with Gasteiger partial charge in [0, 0.05) is 25.6 Å². The first-order chi connectivity index (χ1) is 13.4. The Morgan fingerprint density at radius 1 is 1.32 bits per heavy atom. The molecule has 5 heteroatoms. The van der Waals surface area contributed by atoms with Gasteiger partial charge in [-0.25, -0.2) is 0 Å². The van der Waals surface area contributed by atoms with Crippen molar-refractivity contribution in [3.63, 3.8) is 0 Å². The second-order valence-corrected chi connectivity index (χ2v) is 9.58. The smallest absolute Gasteiger partial charge is 0.225 e. The van der Waals surface area contributed by atoms with Crippen LogP contribution in [-0.2, 0) is 9.53 Å². The van der Waals surface area contributed by atoms with Gasteiger partial charge in [0.05, 0.1) is 19.3 Å². The lowest BCUT2D eigenvalue weighted by molar-refractivity contribution is -0.136.